The standard InChI is InChI=1S/C11H13Cl2NO/c1-8(14-11(15)6-7-12)9-4-2-3-5-10(9)13/h2-5,8H,6-7H2,1H3,(H,14,15)/t8-/m1/s1. The van der Waals surface area contributed by atoms with Crippen LogP contribution in [0.3, 0.4) is 0 Å². The second-order valence-corrected chi connectivity index (χ2v) is 4.03. The highest BCUT2D eigenvalue weighted by Gasteiger charge is 2.11. The van der Waals surface area contributed by atoms with Crippen LogP contribution in [0, 0.1) is 0 Å². The molecule has 1 N–H and O–H groups in total. The molecule has 1 rings (SSSR count). The molecule has 0 radical (unpaired) electrons. The minimum Gasteiger partial charge on any atom is -0.349 e. The van der Waals surface area contributed by atoms with Crippen LogP contribution in [0.1, 0.15) is 24.9 Å². The summed E-state index contributed by atoms with van der Waals surface area (Å²) in [5.41, 5.74) is 0.919. The quantitative estimate of drug-likeness (QED) is 0.812. The van der Waals surface area contributed by atoms with Crippen LogP contribution < -0.4 is 5.32 Å². The van der Waals surface area contributed by atoms with E-state index in [0.29, 0.717) is 17.3 Å². The molecule has 0 aliphatic heterocycles. The third-order valence-electron chi connectivity index (χ3n) is 2.07. The lowest BCUT2D eigenvalue weighted by atomic mass is 10.1. The highest BCUT2D eigenvalue weighted by atomic mass is 35.5. The van der Waals surface area contributed by atoms with Crippen LogP contribution in [-0.4, -0.2) is 11.8 Å². The van der Waals surface area contributed by atoms with Crippen molar-refractivity contribution in [2.45, 2.75) is 19.4 Å². The Labute approximate surface area is 99.6 Å². The molecule has 0 aliphatic rings. The van der Waals surface area contributed by atoms with Gasteiger partial charge in [0.05, 0.1) is 6.04 Å². The Balaban J connectivity index is 2.65. The largest absolute Gasteiger partial charge is 0.349 e. The van der Waals surface area contributed by atoms with Crippen LogP contribution >= 0.6 is 23.2 Å². The summed E-state index contributed by atoms with van der Waals surface area (Å²) in [6.07, 6.45) is 0.330. The molecule has 0 saturated carbocycles. The monoisotopic (exact) mass is 245 g/mol. The molecule has 82 valence electrons. The molecule has 1 aromatic carbocycles. The van der Waals surface area contributed by atoms with Crippen molar-refractivity contribution in [1.82, 2.24) is 5.32 Å². The molecule has 0 bridgehead atoms. The smallest absolute Gasteiger partial charge is 0.221 e. The van der Waals surface area contributed by atoms with E-state index in [9.17, 15) is 4.79 Å². The number of rotatable bonds is 4. The van der Waals surface area contributed by atoms with E-state index < -0.39 is 0 Å². The first-order chi connectivity index (χ1) is 7.15. The predicted molar refractivity (Wildman–Crippen MR) is 63.3 cm³/mol. The lowest BCUT2D eigenvalue weighted by molar-refractivity contribution is -0.121. The minimum atomic E-state index is -0.0885. The lowest BCUT2D eigenvalue weighted by Crippen LogP contribution is -2.26. The number of carbonyl (C=O) groups excluding carboxylic acids is 1. The zero-order valence-corrected chi connectivity index (χ0v) is 9.98. The molecule has 0 saturated heterocycles. The molecule has 15 heavy (non-hydrogen) atoms. The van der Waals surface area contributed by atoms with Crippen LogP contribution in [0.4, 0.5) is 0 Å². The second kappa shape index (κ2) is 5.99. The van der Waals surface area contributed by atoms with E-state index in [1.807, 2.05) is 25.1 Å². The highest BCUT2D eigenvalue weighted by Crippen LogP contribution is 2.21. The Morgan fingerprint density at radius 2 is 2.13 bits per heavy atom. The van der Waals surface area contributed by atoms with Crippen LogP contribution in [-0.2, 0) is 4.79 Å². The number of benzene rings is 1. The average Bonchev–Trinajstić information content (AvgIpc) is 2.18. The van der Waals surface area contributed by atoms with Gasteiger partial charge >= 0.3 is 0 Å². The van der Waals surface area contributed by atoms with Crippen molar-refractivity contribution >= 4 is 29.1 Å². The van der Waals surface area contributed by atoms with Gasteiger partial charge in [-0.2, -0.15) is 0 Å². The molecule has 1 atom stereocenters. The van der Waals surface area contributed by atoms with Gasteiger partial charge in [-0.15, -0.1) is 11.6 Å². The van der Waals surface area contributed by atoms with E-state index in [-0.39, 0.29) is 11.9 Å². The fourth-order valence-electron chi connectivity index (χ4n) is 1.30. The van der Waals surface area contributed by atoms with Crippen LogP contribution in [0.15, 0.2) is 24.3 Å². The first-order valence-corrected chi connectivity index (χ1v) is 5.66. The number of hydrogen-bond acceptors (Lipinski definition) is 1. The molecule has 2 nitrogen and oxygen atoms in total. The maximum absolute atomic E-state index is 11.3. The van der Waals surface area contributed by atoms with Gasteiger partial charge in [-0.05, 0) is 18.6 Å². The minimum absolute atomic E-state index is 0.0579. The van der Waals surface area contributed by atoms with Crippen LogP contribution in [0.5, 0.6) is 0 Å². The van der Waals surface area contributed by atoms with Gasteiger partial charge < -0.3 is 5.32 Å². The number of nitrogens with one attached hydrogen (secondary N) is 1. The average molecular weight is 246 g/mol. The molecule has 1 aromatic rings. The van der Waals surface area contributed by atoms with Gasteiger partial charge in [0, 0.05) is 17.3 Å². The molecule has 4 heteroatoms. The van der Waals surface area contributed by atoms with Crippen LogP contribution in [0.25, 0.3) is 0 Å². The van der Waals surface area contributed by atoms with Gasteiger partial charge in [0.1, 0.15) is 0 Å². The van der Waals surface area contributed by atoms with Crippen molar-refractivity contribution < 1.29 is 4.79 Å². The number of hydrogen-bond donors (Lipinski definition) is 1. The van der Waals surface area contributed by atoms with Gasteiger partial charge in [-0.25, -0.2) is 0 Å². The van der Waals surface area contributed by atoms with Gasteiger partial charge in [0.15, 0.2) is 0 Å². The zero-order valence-electron chi connectivity index (χ0n) is 8.47. The topological polar surface area (TPSA) is 29.1 Å². The number of halogens is 2. The van der Waals surface area contributed by atoms with Crippen molar-refractivity contribution in [1.29, 1.82) is 0 Å². The first kappa shape index (κ1) is 12.3. The van der Waals surface area contributed by atoms with E-state index in [4.69, 9.17) is 23.2 Å². The Kier molecular flexibility index (Phi) is 4.92. The van der Waals surface area contributed by atoms with E-state index in [1.165, 1.54) is 0 Å². The molecular formula is C11H13Cl2NO. The summed E-state index contributed by atoms with van der Waals surface area (Å²) in [5, 5.41) is 3.49. The van der Waals surface area contributed by atoms with Crippen molar-refractivity contribution in [2.24, 2.45) is 0 Å². The number of amides is 1. The Morgan fingerprint density at radius 3 is 2.73 bits per heavy atom. The molecule has 0 aromatic heterocycles. The van der Waals surface area contributed by atoms with Gasteiger partial charge in [-0.3, -0.25) is 4.79 Å². The van der Waals surface area contributed by atoms with Gasteiger partial charge in [0.2, 0.25) is 5.91 Å². The summed E-state index contributed by atoms with van der Waals surface area (Å²) in [6, 6.07) is 7.37. The van der Waals surface area contributed by atoms with E-state index in [2.05, 4.69) is 5.32 Å². The van der Waals surface area contributed by atoms with Crippen molar-refractivity contribution in [3.8, 4) is 0 Å². The molecule has 0 fully saturated rings. The predicted octanol–water partition coefficient (Wildman–Crippen LogP) is 3.15. The molecular weight excluding hydrogens is 233 g/mol. The summed E-state index contributed by atoms with van der Waals surface area (Å²) in [5.74, 6) is 0.276. The molecule has 0 spiro atoms. The normalized spacial score (nSPS) is 12.2. The maximum atomic E-state index is 11.3. The molecule has 0 heterocycles. The molecule has 0 aliphatic carbocycles. The van der Waals surface area contributed by atoms with Crippen molar-refractivity contribution in [3.63, 3.8) is 0 Å². The Hall–Kier alpha value is -0.730. The van der Waals surface area contributed by atoms with Crippen LogP contribution in [0.2, 0.25) is 5.02 Å². The number of alkyl halides is 1. The van der Waals surface area contributed by atoms with E-state index >= 15 is 0 Å². The van der Waals surface area contributed by atoms with Crippen molar-refractivity contribution in [3.05, 3.63) is 34.9 Å². The van der Waals surface area contributed by atoms with E-state index in [1.54, 1.807) is 6.07 Å². The number of carbonyl (C=O) groups is 1. The fraction of sp³-hybridized carbons (Fsp3) is 0.364. The first-order valence-electron chi connectivity index (χ1n) is 4.75. The Bertz CT molecular complexity index is 341. The van der Waals surface area contributed by atoms with Gasteiger partial charge in [0.25, 0.3) is 0 Å². The summed E-state index contributed by atoms with van der Waals surface area (Å²) in [7, 11) is 0. The Morgan fingerprint density at radius 1 is 1.47 bits per heavy atom. The summed E-state index contributed by atoms with van der Waals surface area (Å²) in [6.45, 7) is 1.90. The van der Waals surface area contributed by atoms with E-state index in [0.717, 1.165) is 5.56 Å². The lowest BCUT2D eigenvalue weighted by Gasteiger charge is -2.15. The maximum Gasteiger partial charge on any atom is 0.221 e. The zero-order chi connectivity index (χ0) is 11.3. The van der Waals surface area contributed by atoms with Crippen molar-refractivity contribution in [2.75, 3.05) is 5.88 Å². The summed E-state index contributed by atoms with van der Waals surface area (Å²) in [4.78, 5) is 11.3. The van der Waals surface area contributed by atoms with Gasteiger partial charge in [-0.1, -0.05) is 29.8 Å². The molecule has 0 unspecified atom stereocenters. The second-order valence-electron chi connectivity index (χ2n) is 3.25. The molecule has 1 amide bonds. The summed E-state index contributed by atoms with van der Waals surface area (Å²) >= 11 is 11.5. The fourth-order valence-corrected chi connectivity index (χ4v) is 1.77. The third-order valence-corrected chi connectivity index (χ3v) is 2.60. The SMILES string of the molecule is C[C@@H](NC(=O)CCCl)c1ccccc1Cl. The third kappa shape index (κ3) is 3.73. The summed E-state index contributed by atoms with van der Waals surface area (Å²) < 4.78 is 0. The highest BCUT2D eigenvalue weighted by molar-refractivity contribution is 6.31.